The Kier molecular flexibility index (Phi) is 1.80. The number of aromatic nitrogens is 2. The number of amides is 1. The van der Waals surface area contributed by atoms with Crippen LogP contribution in [-0.4, -0.2) is 28.6 Å². The van der Waals surface area contributed by atoms with Crippen LogP contribution >= 0.6 is 0 Å². The fourth-order valence-corrected chi connectivity index (χ4v) is 1.46. The molecule has 0 saturated carbocycles. The number of carbonyl (C=O) groups is 1. The van der Waals surface area contributed by atoms with Gasteiger partial charge in [0.15, 0.2) is 0 Å². The molecule has 0 saturated heterocycles. The highest BCUT2D eigenvalue weighted by Gasteiger charge is 2.26. The van der Waals surface area contributed by atoms with E-state index in [1.807, 2.05) is 0 Å². The average Bonchev–Trinajstić information content (AvgIpc) is 2.16. The Bertz CT molecular complexity index is 427. The van der Waals surface area contributed by atoms with Crippen LogP contribution in [0.1, 0.15) is 11.4 Å². The molecule has 1 aromatic heterocycles. The number of carbonyl (C=O) groups excluding carboxylic acids is 1. The van der Waals surface area contributed by atoms with Gasteiger partial charge in [-0.05, 0) is 6.92 Å². The standard InChI is InChI=1S/C9H10N4O/c1-5-11-4-6-3-7(10)9(14)13(2)8(6)12-5/h4,10H,3H2,1-2H3. The Hall–Kier alpha value is -1.78. The molecule has 0 fully saturated rings. The van der Waals surface area contributed by atoms with Gasteiger partial charge in [-0.2, -0.15) is 0 Å². The molecular weight excluding hydrogens is 180 g/mol. The van der Waals surface area contributed by atoms with Crippen molar-refractivity contribution in [2.24, 2.45) is 0 Å². The molecule has 0 atom stereocenters. The molecule has 2 heterocycles. The number of hydrogen-bond acceptors (Lipinski definition) is 4. The first-order valence-electron chi connectivity index (χ1n) is 4.27. The van der Waals surface area contributed by atoms with Crippen LogP contribution in [0.5, 0.6) is 0 Å². The van der Waals surface area contributed by atoms with Crippen molar-refractivity contribution in [3.63, 3.8) is 0 Å². The normalized spacial score (nSPS) is 15.7. The van der Waals surface area contributed by atoms with Gasteiger partial charge < -0.3 is 0 Å². The van der Waals surface area contributed by atoms with Crippen molar-refractivity contribution < 1.29 is 4.79 Å². The lowest BCUT2D eigenvalue weighted by Gasteiger charge is -2.24. The molecule has 0 spiro atoms. The molecule has 2 rings (SSSR count). The lowest BCUT2D eigenvalue weighted by atomic mass is 10.1. The van der Waals surface area contributed by atoms with Crippen molar-refractivity contribution in [2.45, 2.75) is 13.3 Å². The minimum absolute atomic E-state index is 0.0902. The van der Waals surface area contributed by atoms with Crippen LogP contribution in [0.15, 0.2) is 6.20 Å². The summed E-state index contributed by atoms with van der Waals surface area (Å²) in [6.45, 7) is 1.78. The Balaban J connectivity index is 2.56. The lowest BCUT2D eigenvalue weighted by Crippen LogP contribution is -2.39. The molecular formula is C9H10N4O. The van der Waals surface area contributed by atoms with E-state index in [0.717, 1.165) is 5.56 Å². The maximum atomic E-state index is 11.4. The smallest absolute Gasteiger partial charge is 0.273 e. The maximum absolute atomic E-state index is 11.4. The zero-order chi connectivity index (χ0) is 10.3. The highest BCUT2D eigenvalue weighted by Crippen LogP contribution is 2.21. The summed E-state index contributed by atoms with van der Waals surface area (Å²) < 4.78 is 0. The second kappa shape index (κ2) is 2.87. The summed E-state index contributed by atoms with van der Waals surface area (Å²) in [5, 5.41) is 7.46. The first kappa shape index (κ1) is 8.80. The van der Waals surface area contributed by atoms with Crippen LogP contribution in [0.25, 0.3) is 0 Å². The van der Waals surface area contributed by atoms with Gasteiger partial charge in [-0.15, -0.1) is 0 Å². The fraction of sp³-hybridized carbons (Fsp3) is 0.333. The second-order valence-corrected chi connectivity index (χ2v) is 3.29. The van der Waals surface area contributed by atoms with E-state index in [2.05, 4.69) is 9.97 Å². The zero-order valence-electron chi connectivity index (χ0n) is 8.03. The summed E-state index contributed by atoms with van der Waals surface area (Å²) >= 11 is 0. The Morgan fingerprint density at radius 2 is 2.29 bits per heavy atom. The zero-order valence-corrected chi connectivity index (χ0v) is 8.03. The number of hydrogen-bond donors (Lipinski definition) is 1. The average molecular weight is 190 g/mol. The van der Waals surface area contributed by atoms with Crippen LogP contribution in [-0.2, 0) is 11.2 Å². The van der Waals surface area contributed by atoms with E-state index in [9.17, 15) is 4.79 Å². The Morgan fingerprint density at radius 1 is 1.57 bits per heavy atom. The van der Waals surface area contributed by atoms with Crippen LogP contribution < -0.4 is 4.90 Å². The van der Waals surface area contributed by atoms with Crippen molar-refractivity contribution >= 4 is 17.4 Å². The maximum Gasteiger partial charge on any atom is 0.273 e. The van der Waals surface area contributed by atoms with Crippen molar-refractivity contribution in [1.82, 2.24) is 9.97 Å². The largest absolute Gasteiger partial charge is 0.299 e. The van der Waals surface area contributed by atoms with Crippen molar-refractivity contribution in [3.8, 4) is 0 Å². The molecule has 1 amide bonds. The Labute approximate surface area is 81.3 Å². The van der Waals surface area contributed by atoms with E-state index < -0.39 is 0 Å². The first-order chi connectivity index (χ1) is 6.59. The molecule has 0 aromatic carbocycles. The fourth-order valence-electron chi connectivity index (χ4n) is 1.46. The monoisotopic (exact) mass is 190 g/mol. The van der Waals surface area contributed by atoms with Gasteiger partial charge in [-0.1, -0.05) is 0 Å². The van der Waals surface area contributed by atoms with Gasteiger partial charge >= 0.3 is 0 Å². The van der Waals surface area contributed by atoms with E-state index in [-0.39, 0.29) is 11.6 Å². The summed E-state index contributed by atoms with van der Waals surface area (Å²) in [5.74, 6) is 0.978. The molecule has 0 unspecified atom stereocenters. The summed E-state index contributed by atoms with van der Waals surface area (Å²) in [7, 11) is 1.63. The Morgan fingerprint density at radius 3 is 3.00 bits per heavy atom. The molecule has 0 aliphatic carbocycles. The molecule has 1 aliphatic rings. The van der Waals surface area contributed by atoms with Crippen LogP contribution in [0.4, 0.5) is 5.82 Å². The summed E-state index contributed by atoms with van der Waals surface area (Å²) in [4.78, 5) is 21.1. The molecule has 1 aliphatic heterocycles. The van der Waals surface area contributed by atoms with Gasteiger partial charge in [0.05, 0.1) is 0 Å². The molecule has 72 valence electrons. The van der Waals surface area contributed by atoms with E-state index >= 15 is 0 Å². The third kappa shape index (κ3) is 1.17. The lowest BCUT2D eigenvalue weighted by molar-refractivity contribution is -0.112. The van der Waals surface area contributed by atoms with E-state index in [1.165, 1.54) is 4.90 Å². The molecule has 1 N–H and O–H groups in total. The van der Waals surface area contributed by atoms with Crippen LogP contribution in [0.2, 0.25) is 0 Å². The number of rotatable bonds is 0. The molecule has 5 nitrogen and oxygen atoms in total. The van der Waals surface area contributed by atoms with E-state index in [0.29, 0.717) is 18.1 Å². The third-order valence-electron chi connectivity index (χ3n) is 2.21. The third-order valence-corrected chi connectivity index (χ3v) is 2.21. The van der Waals surface area contributed by atoms with Gasteiger partial charge in [0.1, 0.15) is 17.4 Å². The quantitative estimate of drug-likeness (QED) is 0.640. The molecule has 5 heteroatoms. The molecule has 14 heavy (non-hydrogen) atoms. The minimum Gasteiger partial charge on any atom is -0.299 e. The van der Waals surface area contributed by atoms with Gasteiger partial charge in [-0.3, -0.25) is 15.1 Å². The SMILES string of the molecule is Cc1ncc2c(n1)N(C)C(=O)C(=N)C2. The van der Waals surface area contributed by atoms with Crippen molar-refractivity contribution in [1.29, 1.82) is 5.41 Å². The van der Waals surface area contributed by atoms with Crippen LogP contribution in [0, 0.1) is 12.3 Å². The van der Waals surface area contributed by atoms with Crippen molar-refractivity contribution in [2.75, 3.05) is 11.9 Å². The predicted octanol–water partition coefficient (Wildman–Crippen LogP) is 0.324. The van der Waals surface area contributed by atoms with Gasteiger partial charge in [0.25, 0.3) is 5.91 Å². The second-order valence-electron chi connectivity index (χ2n) is 3.29. The van der Waals surface area contributed by atoms with E-state index in [1.54, 1.807) is 20.2 Å². The summed E-state index contributed by atoms with van der Waals surface area (Å²) in [6.07, 6.45) is 2.01. The summed E-state index contributed by atoms with van der Waals surface area (Å²) in [6, 6.07) is 0. The molecule has 1 aromatic rings. The van der Waals surface area contributed by atoms with E-state index in [4.69, 9.17) is 5.41 Å². The highest BCUT2D eigenvalue weighted by molar-refractivity contribution is 6.44. The van der Waals surface area contributed by atoms with Crippen LogP contribution in [0.3, 0.4) is 0 Å². The summed E-state index contributed by atoms with van der Waals surface area (Å²) in [5.41, 5.74) is 0.926. The molecule has 0 radical (unpaired) electrons. The first-order valence-corrected chi connectivity index (χ1v) is 4.27. The number of anilines is 1. The number of nitrogens with zero attached hydrogens (tertiary/aromatic N) is 3. The highest BCUT2D eigenvalue weighted by atomic mass is 16.2. The van der Waals surface area contributed by atoms with Gasteiger partial charge in [0.2, 0.25) is 0 Å². The minimum atomic E-state index is -0.282. The number of fused-ring (bicyclic) bond motifs is 1. The van der Waals surface area contributed by atoms with Gasteiger partial charge in [-0.25, -0.2) is 9.97 Å². The topological polar surface area (TPSA) is 69.9 Å². The van der Waals surface area contributed by atoms with Gasteiger partial charge in [0, 0.05) is 25.2 Å². The van der Waals surface area contributed by atoms with Crippen molar-refractivity contribution in [3.05, 3.63) is 17.6 Å². The number of nitrogens with one attached hydrogen (secondary N) is 1. The molecule has 0 bridgehead atoms. The predicted molar refractivity (Wildman–Crippen MR) is 51.6 cm³/mol. The number of aryl methyl sites for hydroxylation is 1.